The minimum Gasteiger partial charge on any atom is -0.495 e. The van der Waals surface area contributed by atoms with E-state index in [-0.39, 0.29) is 5.56 Å². The van der Waals surface area contributed by atoms with Gasteiger partial charge in [0.1, 0.15) is 5.75 Å². The maximum atomic E-state index is 14.0. The quantitative estimate of drug-likeness (QED) is 0.853. The molecule has 0 bridgehead atoms. The third-order valence-corrected chi connectivity index (χ3v) is 3.52. The van der Waals surface area contributed by atoms with Gasteiger partial charge in [-0.3, -0.25) is 0 Å². The minimum atomic E-state index is -2.93. The van der Waals surface area contributed by atoms with E-state index < -0.39 is 12.5 Å². The number of hydrogen-bond acceptors (Lipinski definition) is 2. The molecule has 2 rings (SSSR count). The molecular formula is C15H14BrF2NO. The van der Waals surface area contributed by atoms with Gasteiger partial charge in [0.05, 0.1) is 18.1 Å². The molecule has 0 fully saturated rings. The lowest BCUT2D eigenvalue weighted by Gasteiger charge is -2.18. The van der Waals surface area contributed by atoms with Crippen LogP contribution in [0.2, 0.25) is 0 Å². The van der Waals surface area contributed by atoms with Gasteiger partial charge in [-0.25, -0.2) is 0 Å². The van der Waals surface area contributed by atoms with Crippen molar-refractivity contribution in [1.29, 1.82) is 0 Å². The number of hydrogen-bond donors (Lipinski definition) is 1. The van der Waals surface area contributed by atoms with E-state index in [0.717, 1.165) is 4.47 Å². The molecule has 0 aliphatic heterocycles. The molecule has 0 amide bonds. The highest BCUT2D eigenvalue weighted by molar-refractivity contribution is 9.10. The van der Waals surface area contributed by atoms with Gasteiger partial charge in [0.15, 0.2) is 0 Å². The number of rotatable bonds is 5. The number of benzene rings is 2. The molecule has 5 heteroatoms. The lowest BCUT2D eigenvalue weighted by atomic mass is 10.1. The highest BCUT2D eigenvalue weighted by atomic mass is 79.9. The summed E-state index contributed by atoms with van der Waals surface area (Å²) < 4.78 is 33.9. The summed E-state index contributed by atoms with van der Waals surface area (Å²) in [4.78, 5) is 0. The molecule has 0 heterocycles. The molecular weight excluding hydrogens is 328 g/mol. The second-order valence-corrected chi connectivity index (χ2v) is 5.13. The normalized spacial score (nSPS) is 11.2. The van der Waals surface area contributed by atoms with Crippen molar-refractivity contribution >= 4 is 21.6 Å². The van der Waals surface area contributed by atoms with Crippen molar-refractivity contribution in [3.63, 3.8) is 0 Å². The molecule has 2 aromatic carbocycles. The van der Waals surface area contributed by atoms with Crippen molar-refractivity contribution in [2.24, 2.45) is 0 Å². The Morgan fingerprint density at radius 1 is 1.15 bits per heavy atom. The molecule has 0 spiro atoms. The summed E-state index contributed by atoms with van der Waals surface area (Å²) in [5.74, 6) is -2.33. The third kappa shape index (κ3) is 3.48. The summed E-state index contributed by atoms with van der Waals surface area (Å²) in [6, 6.07) is 12.9. The van der Waals surface area contributed by atoms with Crippen molar-refractivity contribution < 1.29 is 13.5 Å². The fraction of sp³-hybridized carbons (Fsp3) is 0.200. The molecule has 20 heavy (non-hydrogen) atoms. The Bertz CT molecular complexity index is 575. The highest BCUT2D eigenvalue weighted by Gasteiger charge is 2.30. The molecule has 1 N–H and O–H groups in total. The average Bonchev–Trinajstić information content (AvgIpc) is 2.47. The van der Waals surface area contributed by atoms with E-state index in [2.05, 4.69) is 21.2 Å². The molecule has 0 saturated heterocycles. The maximum absolute atomic E-state index is 14.0. The fourth-order valence-corrected chi connectivity index (χ4v) is 2.18. The summed E-state index contributed by atoms with van der Waals surface area (Å²) in [6.07, 6.45) is 0. The first-order valence-corrected chi connectivity index (χ1v) is 6.83. The van der Waals surface area contributed by atoms with Crippen molar-refractivity contribution in [3.8, 4) is 5.75 Å². The summed E-state index contributed by atoms with van der Waals surface area (Å²) in [6.45, 7) is -0.470. The Kier molecular flexibility index (Phi) is 4.60. The highest BCUT2D eigenvalue weighted by Crippen LogP contribution is 2.31. The first kappa shape index (κ1) is 14.8. The van der Waals surface area contributed by atoms with Crippen LogP contribution in [0, 0.1) is 0 Å². The van der Waals surface area contributed by atoms with Gasteiger partial charge < -0.3 is 10.1 Å². The van der Waals surface area contributed by atoms with Gasteiger partial charge in [-0.15, -0.1) is 0 Å². The predicted octanol–water partition coefficient (Wildman–Crippen LogP) is 4.66. The van der Waals surface area contributed by atoms with E-state index in [1.54, 1.807) is 36.4 Å². The largest absolute Gasteiger partial charge is 0.495 e. The van der Waals surface area contributed by atoms with Gasteiger partial charge >= 0.3 is 0 Å². The van der Waals surface area contributed by atoms with Crippen LogP contribution in [-0.2, 0) is 5.92 Å². The van der Waals surface area contributed by atoms with Crippen molar-refractivity contribution in [1.82, 2.24) is 0 Å². The zero-order valence-corrected chi connectivity index (χ0v) is 12.5. The molecule has 2 nitrogen and oxygen atoms in total. The van der Waals surface area contributed by atoms with E-state index in [4.69, 9.17) is 4.74 Å². The number of methoxy groups -OCH3 is 1. The maximum Gasteiger partial charge on any atom is 0.290 e. The molecule has 0 aliphatic rings. The first-order valence-electron chi connectivity index (χ1n) is 6.04. The van der Waals surface area contributed by atoms with Gasteiger partial charge in [-0.2, -0.15) is 8.78 Å². The molecule has 106 valence electrons. The lowest BCUT2D eigenvalue weighted by molar-refractivity contribution is 0.0106. The van der Waals surface area contributed by atoms with E-state index in [9.17, 15) is 8.78 Å². The number of ether oxygens (including phenoxy) is 1. The summed E-state index contributed by atoms with van der Waals surface area (Å²) >= 11 is 3.32. The third-order valence-electron chi connectivity index (χ3n) is 2.86. The van der Waals surface area contributed by atoms with Gasteiger partial charge in [0.25, 0.3) is 5.92 Å². The summed E-state index contributed by atoms with van der Waals surface area (Å²) in [5, 5.41) is 2.73. The van der Waals surface area contributed by atoms with Gasteiger partial charge in [0, 0.05) is 17.3 Å². The van der Waals surface area contributed by atoms with E-state index in [0.29, 0.717) is 11.4 Å². The number of halogens is 3. The Hall–Kier alpha value is -1.62. The smallest absolute Gasteiger partial charge is 0.290 e. The van der Waals surface area contributed by atoms with Crippen molar-refractivity contribution in [2.75, 3.05) is 19.0 Å². The average molecular weight is 342 g/mol. The van der Waals surface area contributed by atoms with Crippen molar-refractivity contribution in [2.45, 2.75) is 5.92 Å². The van der Waals surface area contributed by atoms with Crippen LogP contribution in [0.3, 0.4) is 0 Å². The van der Waals surface area contributed by atoms with Crippen LogP contribution >= 0.6 is 15.9 Å². The zero-order chi connectivity index (χ0) is 14.6. The van der Waals surface area contributed by atoms with Crippen LogP contribution < -0.4 is 10.1 Å². The number of nitrogens with one attached hydrogen (secondary N) is 1. The number of anilines is 1. The van der Waals surface area contributed by atoms with Crippen LogP contribution in [0.4, 0.5) is 14.5 Å². The van der Waals surface area contributed by atoms with Crippen LogP contribution in [-0.4, -0.2) is 13.7 Å². The minimum absolute atomic E-state index is 0.00317. The fourth-order valence-electron chi connectivity index (χ4n) is 1.77. The van der Waals surface area contributed by atoms with Crippen LogP contribution in [0.1, 0.15) is 5.56 Å². The zero-order valence-electron chi connectivity index (χ0n) is 10.9. The predicted molar refractivity (Wildman–Crippen MR) is 79.5 cm³/mol. The molecule has 0 unspecified atom stereocenters. The standard InChI is InChI=1S/C15H14BrF2NO/c1-20-14-9-12(7-8-13(14)16)19-10-15(17,18)11-5-3-2-4-6-11/h2-9,19H,10H2,1H3. The number of alkyl halides is 2. The van der Waals surface area contributed by atoms with Crippen LogP contribution in [0.15, 0.2) is 53.0 Å². The molecule has 0 aromatic heterocycles. The van der Waals surface area contributed by atoms with Gasteiger partial charge in [-0.1, -0.05) is 30.3 Å². The van der Waals surface area contributed by atoms with E-state index >= 15 is 0 Å². The van der Waals surface area contributed by atoms with Crippen LogP contribution in [0.25, 0.3) is 0 Å². The molecule has 0 radical (unpaired) electrons. The van der Waals surface area contributed by atoms with Gasteiger partial charge in [-0.05, 0) is 28.1 Å². The molecule has 0 saturated carbocycles. The SMILES string of the molecule is COc1cc(NCC(F)(F)c2ccccc2)ccc1Br. The second-order valence-electron chi connectivity index (χ2n) is 4.27. The Labute approximate surface area is 124 Å². The molecule has 0 atom stereocenters. The Morgan fingerprint density at radius 3 is 2.50 bits per heavy atom. The Morgan fingerprint density at radius 2 is 1.85 bits per heavy atom. The van der Waals surface area contributed by atoms with E-state index in [1.165, 1.54) is 19.2 Å². The van der Waals surface area contributed by atoms with E-state index in [1.807, 2.05) is 0 Å². The first-order chi connectivity index (χ1) is 9.53. The molecule has 2 aromatic rings. The van der Waals surface area contributed by atoms with Crippen LogP contribution in [0.5, 0.6) is 5.75 Å². The van der Waals surface area contributed by atoms with Gasteiger partial charge in [0.2, 0.25) is 0 Å². The monoisotopic (exact) mass is 341 g/mol. The topological polar surface area (TPSA) is 21.3 Å². The second kappa shape index (κ2) is 6.22. The summed E-state index contributed by atoms with van der Waals surface area (Å²) in [5.41, 5.74) is 0.581. The Balaban J connectivity index is 2.08. The van der Waals surface area contributed by atoms with Crippen molar-refractivity contribution in [3.05, 3.63) is 58.6 Å². The summed E-state index contributed by atoms with van der Waals surface area (Å²) in [7, 11) is 1.53. The molecule has 0 aliphatic carbocycles. The lowest BCUT2D eigenvalue weighted by Crippen LogP contribution is -2.24.